The van der Waals surface area contributed by atoms with E-state index in [2.05, 4.69) is 25.2 Å². The zero-order valence-corrected chi connectivity index (χ0v) is 19.7. The standard InChI is InChI=1S/C23H23FN10O2/c1-31-21(27-14-29-31)20-19(36-2)13-26-22(30-20)32-5-7-33(8-6-32)23(35)34-18(3-4-28-34)16-9-15(12-25)10-17(24)11-16/h4,9-11,13-14,18H,3,5-8H2,1-2H3/t18-/m0/s1. The van der Waals surface area contributed by atoms with Crippen LogP contribution in [0.15, 0.2) is 35.8 Å². The minimum atomic E-state index is -0.517. The zero-order valence-electron chi connectivity index (χ0n) is 19.7. The Morgan fingerprint density at radius 3 is 2.69 bits per heavy atom. The van der Waals surface area contributed by atoms with Crippen LogP contribution in [0.25, 0.3) is 11.5 Å². The van der Waals surface area contributed by atoms with E-state index in [4.69, 9.17) is 4.74 Å². The lowest BCUT2D eigenvalue weighted by Crippen LogP contribution is -2.52. The summed E-state index contributed by atoms with van der Waals surface area (Å²) < 4.78 is 21.0. The Bertz CT molecular complexity index is 1360. The number of urea groups is 1. The molecule has 2 aliphatic heterocycles. The van der Waals surface area contributed by atoms with Gasteiger partial charge in [0, 0.05) is 45.9 Å². The molecule has 0 unspecified atom stereocenters. The lowest BCUT2D eigenvalue weighted by molar-refractivity contribution is 0.139. The van der Waals surface area contributed by atoms with Crippen molar-refractivity contribution < 1.29 is 13.9 Å². The number of hydrogen-bond acceptors (Lipinski definition) is 9. The number of rotatable bonds is 4. The summed E-state index contributed by atoms with van der Waals surface area (Å²) in [5.41, 5.74) is 1.28. The SMILES string of the molecule is COc1cnc(N2CCN(C(=O)N3N=CC[C@H]3c3cc(F)cc(C#N)c3)CC2)nc1-c1ncnn1C. The van der Waals surface area contributed by atoms with Gasteiger partial charge in [0.25, 0.3) is 0 Å². The molecule has 0 bridgehead atoms. The number of anilines is 1. The van der Waals surface area contributed by atoms with Gasteiger partial charge in [-0.15, -0.1) is 0 Å². The molecular formula is C23H23FN10O2. The fraction of sp³-hybridized carbons (Fsp3) is 0.348. The zero-order chi connectivity index (χ0) is 25.2. The number of hydrazone groups is 1. The Labute approximate surface area is 206 Å². The number of halogens is 1. The number of benzene rings is 1. The molecule has 1 atom stereocenters. The van der Waals surface area contributed by atoms with Crippen LogP contribution in [0.2, 0.25) is 0 Å². The monoisotopic (exact) mass is 490 g/mol. The van der Waals surface area contributed by atoms with E-state index in [1.54, 1.807) is 42.2 Å². The molecule has 184 valence electrons. The van der Waals surface area contributed by atoms with Crippen molar-refractivity contribution in [2.45, 2.75) is 12.5 Å². The third kappa shape index (κ3) is 4.28. The van der Waals surface area contributed by atoms with Gasteiger partial charge in [-0.3, -0.25) is 0 Å². The van der Waals surface area contributed by atoms with Gasteiger partial charge in [-0.2, -0.15) is 15.5 Å². The molecule has 1 aromatic carbocycles. The first-order valence-electron chi connectivity index (χ1n) is 11.3. The molecular weight excluding hydrogens is 467 g/mol. The number of ether oxygens (including phenoxy) is 1. The number of carbonyl (C=O) groups excluding carboxylic acids is 1. The molecule has 4 heterocycles. The van der Waals surface area contributed by atoms with Crippen molar-refractivity contribution in [3.05, 3.63) is 47.7 Å². The fourth-order valence-electron chi connectivity index (χ4n) is 4.32. The smallest absolute Gasteiger partial charge is 0.341 e. The van der Waals surface area contributed by atoms with E-state index < -0.39 is 11.9 Å². The van der Waals surface area contributed by atoms with Crippen LogP contribution >= 0.6 is 0 Å². The summed E-state index contributed by atoms with van der Waals surface area (Å²) in [6.07, 6.45) is 5.13. The molecule has 3 aromatic rings. The van der Waals surface area contributed by atoms with Gasteiger partial charge >= 0.3 is 6.03 Å². The minimum absolute atomic E-state index is 0.207. The maximum Gasteiger partial charge on any atom is 0.341 e. The molecule has 0 radical (unpaired) electrons. The highest BCUT2D eigenvalue weighted by Crippen LogP contribution is 2.31. The summed E-state index contributed by atoms with van der Waals surface area (Å²) in [7, 11) is 3.31. The lowest BCUT2D eigenvalue weighted by atomic mass is 10.0. The van der Waals surface area contributed by atoms with Gasteiger partial charge < -0.3 is 14.5 Å². The molecule has 2 aromatic heterocycles. The van der Waals surface area contributed by atoms with Crippen molar-refractivity contribution in [3.63, 3.8) is 0 Å². The van der Waals surface area contributed by atoms with Crippen molar-refractivity contribution in [3.8, 4) is 23.3 Å². The van der Waals surface area contributed by atoms with Crippen molar-refractivity contribution in [1.29, 1.82) is 5.26 Å². The van der Waals surface area contributed by atoms with E-state index in [0.29, 0.717) is 61.4 Å². The number of nitrogens with zero attached hydrogens (tertiary/aromatic N) is 10. The summed E-state index contributed by atoms with van der Waals surface area (Å²) in [5, 5.41) is 18.9. The molecule has 13 heteroatoms. The second-order valence-corrected chi connectivity index (χ2v) is 8.33. The summed E-state index contributed by atoms with van der Waals surface area (Å²) in [4.78, 5) is 30.3. The number of amides is 2. The van der Waals surface area contributed by atoms with E-state index in [9.17, 15) is 14.4 Å². The summed E-state index contributed by atoms with van der Waals surface area (Å²) >= 11 is 0. The fourth-order valence-corrected chi connectivity index (χ4v) is 4.32. The summed E-state index contributed by atoms with van der Waals surface area (Å²) in [5.74, 6) is 1.02. The van der Waals surface area contributed by atoms with Crippen LogP contribution in [-0.4, -0.2) is 80.2 Å². The number of aromatic nitrogens is 5. The third-order valence-corrected chi connectivity index (χ3v) is 6.18. The predicted octanol–water partition coefficient (Wildman–Crippen LogP) is 1.97. The largest absolute Gasteiger partial charge is 0.493 e. The first-order chi connectivity index (χ1) is 17.5. The predicted molar refractivity (Wildman–Crippen MR) is 127 cm³/mol. The van der Waals surface area contributed by atoms with Crippen molar-refractivity contribution in [1.82, 2.24) is 34.6 Å². The van der Waals surface area contributed by atoms with Crippen LogP contribution in [0.1, 0.15) is 23.6 Å². The van der Waals surface area contributed by atoms with Crippen molar-refractivity contribution >= 4 is 18.2 Å². The van der Waals surface area contributed by atoms with Gasteiger partial charge in [0.1, 0.15) is 12.1 Å². The second kappa shape index (κ2) is 9.57. The Morgan fingerprint density at radius 2 is 2.00 bits per heavy atom. The molecule has 2 amide bonds. The van der Waals surface area contributed by atoms with Crippen LogP contribution in [-0.2, 0) is 7.05 Å². The molecule has 0 aliphatic carbocycles. The maximum atomic E-state index is 14.0. The molecule has 0 saturated carbocycles. The van der Waals surface area contributed by atoms with Crippen LogP contribution in [0, 0.1) is 17.1 Å². The normalized spacial score (nSPS) is 17.4. The molecule has 12 nitrogen and oxygen atoms in total. The topological polar surface area (TPSA) is 129 Å². The average Bonchev–Trinajstić information content (AvgIpc) is 3.57. The van der Waals surface area contributed by atoms with Gasteiger partial charge in [-0.1, -0.05) is 0 Å². The Kier molecular flexibility index (Phi) is 6.16. The molecule has 0 N–H and O–H groups in total. The van der Waals surface area contributed by atoms with Crippen LogP contribution < -0.4 is 9.64 Å². The van der Waals surface area contributed by atoms with Crippen LogP contribution in [0.5, 0.6) is 5.75 Å². The Hall–Kier alpha value is -4.60. The summed E-state index contributed by atoms with van der Waals surface area (Å²) in [6.45, 7) is 1.88. The first-order valence-corrected chi connectivity index (χ1v) is 11.3. The Balaban J connectivity index is 1.29. The van der Waals surface area contributed by atoms with Gasteiger partial charge in [-0.05, 0) is 23.8 Å². The quantitative estimate of drug-likeness (QED) is 0.543. The minimum Gasteiger partial charge on any atom is -0.493 e. The number of nitriles is 1. The molecule has 1 fully saturated rings. The van der Waals surface area contributed by atoms with Crippen molar-refractivity contribution in [2.75, 3.05) is 38.2 Å². The van der Waals surface area contributed by atoms with E-state index in [0.717, 1.165) is 0 Å². The highest BCUT2D eigenvalue weighted by atomic mass is 19.1. The van der Waals surface area contributed by atoms with Gasteiger partial charge in [-0.25, -0.2) is 33.8 Å². The average molecular weight is 491 g/mol. The third-order valence-electron chi connectivity index (χ3n) is 6.18. The van der Waals surface area contributed by atoms with E-state index in [-0.39, 0.29) is 11.6 Å². The number of aryl methyl sites for hydroxylation is 1. The molecule has 36 heavy (non-hydrogen) atoms. The number of hydrogen-bond donors (Lipinski definition) is 0. The van der Waals surface area contributed by atoms with E-state index in [1.807, 2.05) is 11.0 Å². The highest BCUT2D eigenvalue weighted by molar-refractivity contribution is 5.79. The lowest BCUT2D eigenvalue weighted by Gasteiger charge is -2.37. The molecule has 1 saturated heterocycles. The van der Waals surface area contributed by atoms with E-state index in [1.165, 1.54) is 23.5 Å². The molecule has 2 aliphatic rings. The number of piperazine rings is 1. The van der Waals surface area contributed by atoms with E-state index >= 15 is 0 Å². The highest BCUT2D eigenvalue weighted by Gasteiger charge is 2.34. The van der Waals surface area contributed by atoms with Crippen molar-refractivity contribution in [2.24, 2.45) is 12.1 Å². The van der Waals surface area contributed by atoms with Crippen LogP contribution in [0.3, 0.4) is 0 Å². The number of carbonyl (C=O) groups is 1. The van der Waals surface area contributed by atoms with Gasteiger partial charge in [0.2, 0.25) is 5.95 Å². The first kappa shape index (κ1) is 23.2. The summed E-state index contributed by atoms with van der Waals surface area (Å²) in [6, 6.07) is 5.32. The number of methoxy groups -OCH3 is 1. The van der Waals surface area contributed by atoms with Crippen LogP contribution in [0.4, 0.5) is 15.1 Å². The van der Waals surface area contributed by atoms with Gasteiger partial charge in [0.05, 0.1) is 31.0 Å². The molecule has 5 rings (SSSR count). The Morgan fingerprint density at radius 1 is 1.19 bits per heavy atom. The molecule has 0 spiro atoms. The maximum absolute atomic E-state index is 14.0. The van der Waals surface area contributed by atoms with Gasteiger partial charge in [0.15, 0.2) is 17.3 Å². The second-order valence-electron chi connectivity index (χ2n) is 8.33.